The topological polar surface area (TPSA) is 27.7 Å². The van der Waals surface area contributed by atoms with Crippen LogP contribution in [0.2, 0.25) is 0 Å². The number of rotatable bonds is 9. The van der Waals surface area contributed by atoms with Crippen LogP contribution in [0.4, 0.5) is 0 Å². The fourth-order valence-electron chi connectivity index (χ4n) is 1.26. The van der Waals surface area contributed by atoms with Gasteiger partial charge in [0.25, 0.3) is 0 Å². The maximum Gasteiger partial charge on any atom is 0.0704 e. The Labute approximate surface area is 103 Å². The summed E-state index contributed by atoms with van der Waals surface area (Å²) in [6, 6.07) is 10.2. The number of ether oxygens (including phenoxy) is 3. The van der Waals surface area contributed by atoms with Crippen LogP contribution in [0, 0.1) is 0 Å². The average Bonchev–Trinajstić information content (AvgIpc) is 2.38. The van der Waals surface area contributed by atoms with E-state index in [2.05, 4.69) is 12.1 Å². The summed E-state index contributed by atoms with van der Waals surface area (Å²) in [5.41, 5.74) is 1.19. The summed E-state index contributed by atoms with van der Waals surface area (Å²) in [5.74, 6) is 0. The molecule has 0 unspecified atom stereocenters. The number of hydrogen-bond acceptors (Lipinski definition) is 3. The molecule has 0 N–H and O–H groups in total. The Morgan fingerprint density at radius 1 is 0.941 bits per heavy atom. The van der Waals surface area contributed by atoms with E-state index in [1.165, 1.54) is 5.56 Å². The highest BCUT2D eigenvalue weighted by Crippen LogP contribution is 2.00. The molecule has 0 aliphatic carbocycles. The van der Waals surface area contributed by atoms with Gasteiger partial charge in [-0.1, -0.05) is 42.5 Å². The summed E-state index contributed by atoms with van der Waals surface area (Å²) >= 11 is 0. The number of benzene rings is 1. The van der Waals surface area contributed by atoms with Crippen molar-refractivity contribution in [2.24, 2.45) is 0 Å². The molecule has 0 spiro atoms. The molecule has 94 valence electrons. The zero-order valence-corrected chi connectivity index (χ0v) is 10.3. The fourth-order valence-corrected chi connectivity index (χ4v) is 1.26. The molecule has 0 saturated carbocycles. The van der Waals surface area contributed by atoms with E-state index in [1.807, 2.05) is 30.4 Å². The zero-order chi connectivity index (χ0) is 12.2. The first kappa shape index (κ1) is 13.9. The van der Waals surface area contributed by atoms with Crippen molar-refractivity contribution < 1.29 is 14.2 Å². The van der Waals surface area contributed by atoms with Crippen molar-refractivity contribution in [2.45, 2.75) is 0 Å². The fraction of sp³-hybridized carbons (Fsp3) is 0.429. The second-order valence-electron chi connectivity index (χ2n) is 3.49. The Balaban J connectivity index is 1.95. The Morgan fingerprint density at radius 3 is 2.41 bits per heavy atom. The maximum atomic E-state index is 5.38. The lowest BCUT2D eigenvalue weighted by atomic mass is 10.2. The molecule has 1 aromatic rings. The third-order valence-electron chi connectivity index (χ3n) is 2.13. The highest BCUT2D eigenvalue weighted by Gasteiger charge is 1.88. The minimum atomic E-state index is 0.614. The van der Waals surface area contributed by atoms with Gasteiger partial charge in [-0.15, -0.1) is 0 Å². The number of methoxy groups -OCH3 is 1. The lowest BCUT2D eigenvalue weighted by Crippen LogP contribution is -2.08. The molecule has 0 aliphatic rings. The van der Waals surface area contributed by atoms with Crippen molar-refractivity contribution in [3.05, 3.63) is 42.0 Å². The molecule has 3 nitrogen and oxygen atoms in total. The van der Waals surface area contributed by atoms with E-state index in [4.69, 9.17) is 14.2 Å². The Hall–Kier alpha value is -1.16. The van der Waals surface area contributed by atoms with E-state index in [9.17, 15) is 0 Å². The first-order valence-corrected chi connectivity index (χ1v) is 5.79. The van der Waals surface area contributed by atoms with E-state index in [1.54, 1.807) is 7.11 Å². The molecule has 0 aliphatic heterocycles. The molecule has 0 radical (unpaired) electrons. The van der Waals surface area contributed by atoms with Crippen LogP contribution in [0.15, 0.2) is 36.4 Å². The van der Waals surface area contributed by atoms with Crippen LogP contribution >= 0.6 is 0 Å². The van der Waals surface area contributed by atoms with Crippen LogP contribution in [0.5, 0.6) is 0 Å². The van der Waals surface area contributed by atoms with Crippen LogP contribution in [0.25, 0.3) is 6.08 Å². The second-order valence-corrected chi connectivity index (χ2v) is 3.49. The summed E-state index contributed by atoms with van der Waals surface area (Å²) in [4.78, 5) is 0. The van der Waals surface area contributed by atoms with Gasteiger partial charge in [-0.3, -0.25) is 0 Å². The average molecular weight is 236 g/mol. The predicted molar refractivity (Wildman–Crippen MR) is 69.0 cm³/mol. The van der Waals surface area contributed by atoms with E-state index in [0.717, 1.165) is 0 Å². The van der Waals surface area contributed by atoms with Gasteiger partial charge in [-0.25, -0.2) is 0 Å². The van der Waals surface area contributed by atoms with Gasteiger partial charge in [0.05, 0.1) is 33.0 Å². The van der Waals surface area contributed by atoms with Crippen LogP contribution in [-0.2, 0) is 14.2 Å². The summed E-state index contributed by atoms with van der Waals surface area (Å²) in [5, 5.41) is 0. The lowest BCUT2D eigenvalue weighted by Gasteiger charge is -2.03. The van der Waals surface area contributed by atoms with E-state index >= 15 is 0 Å². The van der Waals surface area contributed by atoms with E-state index in [0.29, 0.717) is 33.0 Å². The summed E-state index contributed by atoms with van der Waals surface area (Å²) in [6.45, 7) is 3.10. The van der Waals surface area contributed by atoms with Gasteiger partial charge >= 0.3 is 0 Å². The van der Waals surface area contributed by atoms with Crippen molar-refractivity contribution in [3.8, 4) is 0 Å². The van der Waals surface area contributed by atoms with Gasteiger partial charge in [0.1, 0.15) is 0 Å². The highest BCUT2D eigenvalue weighted by molar-refractivity contribution is 5.48. The van der Waals surface area contributed by atoms with Crippen LogP contribution < -0.4 is 0 Å². The third-order valence-corrected chi connectivity index (χ3v) is 2.13. The van der Waals surface area contributed by atoms with Gasteiger partial charge < -0.3 is 14.2 Å². The van der Waals surface area contributed by atoms with Crippen molar-refractivity contribution in [2.75, 3.05) is 40.1 Å². The first-order chi connectivity index (χ1) is 8.43. The Bertz CT molecular complexity index is 296. The molecule has 0 fully saturated rings. The van der Waals surface area contributed by atoms with Crippen LogP contribution in [0.1, 0.15) is 5.56 Å². The third kappa shape index (κ3) is 7.69. The SMILES string of the molecule is COCCOCCOCC=Cc1ccccc1. The first-order valence-electron chi connectivity index (χ1n) is 5.79. The van der Waals surface area contributed by atoms with Gasteiger partial charge in [-0.2, -0.15) is 0 Å². The summed E-state index contributed by atoms with van der Waals surface area (Å²) in [7, 11) is 1.66. The van der Waals surface area contributed by atoms with Crippen molar-refractivity contribution in [3.63, 3.8) is 0 Å². The molecular formula is C14H20O3. The van der Waals surface area contributed by atoms with Crippen molar-refractivity contribution in [1.82, 2.24) is 0 Å². The Kier molecular flexibility index (Phi) is 8.20. The molecular weight excluding hydrogens is 216 g/mol. The lowest BCUT2D eigenvalue weighted by molar-refractivity contribution is 0.0315. The predicted octanol–water partition coefficient (Wildman–Crippen LogP) is 2.38. The van der Waals surface area contributed by atoms with Crippen molar-refractivity contribution in [1.29, 1.82) is 0 Å². The zero-order valence-electron chi connectivity index (χ0n) is 10.3. The number of hydrogen-bond donors (Lipinski definition) is 0. The van der Waals surface area contributed by atoms with Crippen LogP contribution in [-0.4, -0.2) is 40.1 Å². The molecule has 3 heteroatoms. The summed E-state index contributed by atoms with van der Waals surface area (Å²) in [6.07, 6.45) is 4.05. The molecule has 17 heavy (non-hydrogen) atoms. The van der Waals surface area contributed by atoms with Crippen LogP contribution in [0.3, 0.4) is 0 Å². The van der Waals surface area contributed by atoms with Gasteiger partial charge in [0.15, 0.2) is 0 Å². The molecule has 1 rings (SSSR count). The molecule has 0 bridgehead atoms. The normalized spacial score (nSPS) is 11.1. The maximum absolute atomic E-state index is 5.38. The molecule has 0 heterocycles. The molecule has 0 amide bonds. The molecule has 0 saturated heterocycles. The Morgan fingerprint density at radius 2 is 1.65 bits per heavy atom. The minimum absolute atomic E-state index is 0.614. The van der Waals surface area contributed by atoms with Gasteiger partial charge in [0.2, 0.25) is 0 Å². The smallest absolute Gasteiger partial charge is 0.0704 e. The van der Waals surface area contributed by atoms with Gasteiger partial charge in [0, 0.05) is 7.11 Å². The van der Waals surface area contributed by atoms with E-state index < -0.39 is 0 Å². The molecule has 0 aromatic heterocycles. The minimum Gasteiger partial charge on any atom is -0.382 e. The quantitative estimate of drug-likeness (QED) is 0.616. The van der Waals surface area contributed by atoms with E-state index in [-0.39, 0.29) is 0 Å². The standard InChI is InChI=1S/C14H20O3/c1-15-10-11-17-13-12-16-9-5-8-14-6-3-2-4-7-14/h2-8H,9-13H2,1H3. The molecule has 0 atom stereocenters. The van der Waals surface area contributed by atoms with Crippen molar-refractivity contribution >= 4 is 6.08 Å². The highest BCUT2D eigenvalue weighted by atomic mass is 16.5. The van der Waals surface area contributed by atoms with Gasteiger partial charge in [-0.05, 0) is 5.56 Å². The largest absolute Gasteiger partial charge is 0.382 e. The second kappa shape index (κ2) is 10.0. The molecule has 1 aromatic carbocycles. The summed E-state index contributed by atoms with van der Waals surface area (Å²) < 4.78 is 15.5. The monoisotopic (exact) mass is 236 g/mol.